The maximum absolute atomic E-state index is 11.9. The first-order valence-corrected chi connectivity index (χ1v) is 6.44. The summed E-state index contributed by atoms with van der Waals surface area (Å²) in [6.45, 7) is 2.97. The summed E-state index contributed by atoms with van der Waals surface area (Å²) >= 11 is 0. The lowest BCUT2D eigenvalue weighted by Gasteiger charge is -2.33. The molecule has 1 fully saturated rings. The summed E-state index contributed by atoms with van der Waals surface area (Å²) in [6, 6.07) is 0. The van der Waals surface area contributed by atoms with Crippen molar-refractivity contribution in [3.63, 3.8) is 0 Å². The number of piperidine rings is 1. The highest BCUT2D eigenvalue weighted by Gasteiger charge is 2.33. The summed E-state index contributed by atoms with van der Waals surface area (Å²) in [6.07, 6.45) is -1.60. The van der Waals surface area contributed by atoms with E-state index in [-0.39, 0.29) is 12.3 Å². The number of amides is 1. The second-order valence-electron chi connectivity index (χ2n) is 5.04. The van der Waals surface area contributed by atoms with Crippen LogP contribution in [0.5, 0.6) is 0 Å². The van der Waals surface area contributed by atoms with E-state index >= 15 is 0 Å². The van der Waals surface area contributed by atoms with Crippen LogP contribution >= 0.6 is 0 Å². The predicted octanol–water partition coefficient (Wildman–Crippen LogP) is 2.37. The van der Waals surface area contributed by atoms with Crippen molar-refractivity contribution in [1.29, 1.82) is 0 Å². The van der Waals surface area contributed by atoms with Gasteiger partial charge in [0.05, 0.1) is 5.54 Å². The fourth-order valence-electron chi connectivity index (χ4n) is 2.10. The first-order chi connectivity index (χ1) is 8.33. The van der Waals surface area contributed by atoms with Crippen LogP contribution in [0.25, 0.3) is 0 Å². The van der Waals surface area contributed by atoms with Gasteiger partial charge in [-0.3, -0.25) is 4.79 Å². The normalized spacial score (nSPS) is 24.9. The van der Waals surface area contributed by atoms with Gasteiger partial charge >= 0.3 is 6.18 Å². The van der Waals surface area contributed by atoms with E-state index in [1.54, 1.807) is 0 Å². The lowest BCUT2D eigenvalue weighted by molar-refractivity contribution is -0.135. The van der Waals surface area contributed by atoms with Crippen molar-refractivity contribution in [1.82, 2.24) is 10.6 Å². The number of hydrogen-bond acceptors (Lipinski definition) is 2. The Balaban J connectivity index is 2.17. The van der Waals surface area contributed by atoms with Gasteiger partial charge in [-0.25, -0.2) is 0 Å². The van der Waals surface area contributed by atoms with Crippen LogP contribution < -0.4 is 10.6 Å². The standard InChI is InChI=1S/C12H21F3N2O/c1-11(6-2-5-9-17-11)10(18)16-8-4-3-7-12(13,14)15/h17H,2-9H2,1H3,(H,16,18). The predicted molar refractivity (Wildman–Crippen MR) is 63.2 cm³/mol. The zero-order chi connectivity index (χ0) is 13.6. The molecule has 1 unspecified atom stereocenters. The molecule has 0 aromatic rings. The third-order valence-electron chi connectivity index (χ3n) is 3.29. The zero-order valence-electron chi connectivity index (χ0n) is 10.7. The molecule has 1 atom stereocenters. The third kappa shape index (κ3) is 5.25. The van der Waals surface area contributed by atoms with E-state index in [1.165, 1.54) is 0 Å². The van der Waals surface area contributed by atoms with Crippen molar-refractivity contribution in [2.75, 3.05) is 13.1 Å². The molecule has 3 nitrogen and oxygen atoms in total. The molecule has 1 heterocycles. The second-order valence-corrected chi connectivity index (χ2v) is 5.04. The van der Waals surface area contributed by atoms with Gasteiger partial charge in [0.25, 0.3) is 0 Å². The zero-order valence-corrected chi connectivity index (χ0v) is 10.7. The molecule has 2 N–H and O–H groups in total. The average Bonchev–Trinajstić information content (AvgIpc) is 2.27. The SMILES string of the molecule is CC1(C(=O)NCCCCC(F)(F)F)CCCCN1. The molecule has 0 aromatic heterocycles. The Bertz CT molecular complexity index is 273. The van der Waals surface area contributed by atoms with Crippen molar-refractivity contribution >= 4 is 5.91 Å². The monoisotopic (exact) mass is 266 g/mol. The number of hydrogen-bond donors (Lipinski definition) is 2. The molecular weight excluding hydrogens is 245 g/mol. The summed E-state index contributed by atoms with van der Waals surface area (Å²) in [5.41, 5.74) is -0.553. The molecule has 0 bridgehead atoms. The van der Waals surface area contributed by atoms with Crippen LogP contribution in [0.2, 0.25) is 0 Å². The molecule has 1 aliphatic heterocycles. The van der Waals surface area contributed by atoms with E-state index in [0.717, 1.165) is 25.8 Å². The van der Waals surface area contributed by atoms with Crippen molar-refractivity contribution in [2.24, 2.45) is 0 Å². The topological polar surface area (TPSA) is 41.1 Å². The van der Waals surface area contributed by atoms with Gasteiger partial charge in [-0.2, -0.15) is 13.2 Å². The lowest BCUT2D eigenvalue weighted by Crippen LogP contribution is -2.57. The van der Waals surface area contributed by atoms with E-state index in [9.17, 15) is 18.0 Å². The Hall–Kier alpha value is -0.780. The van der Waals surface area contributed by atoms with E-state index in [1.807, 2.05) is 6.92 Å². The quantitative estimate of drug-likeness (QED) is 0.750. The molecule has 1 aliphatic rings. The molecule has 106 valence electrons. The molecule has 0 saturated carbocycles. The first-order valence-electron chi connectivity index (χ1n) is 6.44. The van der Waals surface area contributed by atoms with Gasteiger partial charge in [0.2, 0.25) is 5.91 Å². The highest BCUT2D eigenvalue weighted by molar-refractivity contribution is 5.85. The van der Waals surface area contributed by atoms with E-state index in [0.29, 0.717) is 13.0 Å². The Labute approximate surface area is 106 Å². The maximum Gasteiger partial charge on any atom is 0.389 e. The number of halogens is 3. The molecule has 1 rings (SSSR count). The number of rotatable bonds is 5. The van der Waals surface area contributed by atoms with Crippen LogP contribution in [0.3, 0.4) is 0 Å². The smallest absolute Gasteiger partial charge is 0.355 e. The van der Waals surface area contributed by atoms with Crippen LogP contribution in [0.15, 0.2) is 0 Å². The van der Waals surface area contributed by atoms with Crippen molar-refractivity contribution in [3.05, 3.63) is 0 Å². The molecule has 6 heteroatoms. The summed E-state index contributed by atoms with van der Waals surface area (Å²) in [7, 11) is 0. The minimum Gasteiger partial charge on any atom is -0.355 e. The number of nitrogens with one attached hydrogen (secondary N) is 2. The molecule has 0 aromatic carbocycles. The second kappa shape index (κ2) is 6.41. The lowest BCUT2D eigenvalue weighted by atomic mass is 9.90. The van der Waals surface area contributed by atoms with Crippen LogP contribution in [0, 0.1) is 0 Å². The van der Waals surface area contributed by atoms with E-state index in [4.69, 9.17) is 0 Å². The van der Waals surface area contributed by atoms with Crippen molar-refractivity contribution in [3.8, 4) is 0 Å². The highest BCUT2D eigenvalue weighted by Crippen LogP contribution is 2.22. The van der Waals surface area contributed by atoms with Gasteiger partial charge in [0.15, 0.2) is 0 Å². The van der Waals surface area contributed by atoms with Gasteiger partial charge in [0.1, 0.15) is 0 Å². The molecule has 0 aliphatic carbocycles. The van der Waals surface area contributed by atoms with Gasteiger partial charge in [-0.1, -0.05) is 0 Å². The number of alkyl halides is 3. The summed E-state index contributed by atoms with van der Waals surface area (Å²) in [4.78, 5) is 11.9. The van der Waals surface area contributed by atoms with E-state index < -0.39 is 18.1 Å². The Morgan fingerprint density at radius 3 is 2.61 bits per heavy atom. The molecule has 1 saturated heterocycles. The number of carbonyl (C=O) groups is 1. The third-order valence-corrected chi connectivity index (χ3v) is 3.29. The van der Waals surface area contributed by atoms with Crippen molar-refractivity contribution in [2.45, 2.75) is 57.2 Å². The van der Waals surface area contributed by atoms with Gasteiger partial charge in [-0.15, -0.1) is 0 Å². The molecule has 0 spiro atoms. The van der Waals surface area contributed by atoms with E-state index in [2.05, 4.69) is 10.6 Å². The fraction of sp³-hybridized carbons (Fsp3) is 0.917. The van der Waals surface area contributed by atoms with Gasteiger partial charge < -0.3 is 10.6 Å². The largest absolute Gasteiger partial charge is 0.389 e. The minimum atomic E-state index is -4.10. The van der Waals surface area contributed by atoms with Crippen molar-refractivity contribution < 1.29 is 18.0 Å². The summed E-state index contributed by atoms with van der Waals surface area (Å²) < 4.78 is 35.7. The Morgan fingerprint density at radius 1 is 1.33 bits per heavy atom. The summed E-state index contributed by atoms with van der Waals surface area (Å²) in [5, 5.41) is 5.88. The van der Waals surface area contributed by atoms with Crippen LogP contribution in [-0.2, 0) is 4.79 Å². The molecule has 18 heavy (non-hydrogen) atoms. The van der Waals surface area contributed by atoms with Crippen LogP contribution in [0.4, 0.5) is 13.2 Å². The fourth-order valence-corrected chi connectivity index (χ4v) is 2.10. The molecular formula is C12H21F3N2O. The average molecular weight is 266 g/mol. The molecule has 1 amide bonds. The number of carbonyl (C=O) groups excluding carboxylic acids is 1. The Morgan fingerprint density at radius 2 is 2.06 bits per heavy atom. The van der Waals surface area contributed by atoms with Gasteiger partial charge in [-0.05, 0) is 45.6 Å². The first kappa shape index (κ1) is 15.3. The van der Waals surface area contributed by atoms with Crippen LogP contribution in [-0.4, -0.2) is 30.7 Å². The minimum absolute atomic E-state index is 0.0634. The maximum atomic E-state index is 11.9. The van der Waals surface area contributed by atoms with Gasteiger partial charge in [0, 0.05) is 13.0 Å². The Kier molecular flexibility index (Phi) is 5.44. The summed E-state index contributed by atoms with van der Waals surface area (Å²) in [5.74, 6) is -0.103. The van der Waals surface area contributed by atoms with Crippen LogP contribution in [0.1, 0.15) is 45.4 Å². The number of unbranched alkanes of at least 4 members (excludes halogenated alkanes) is 1. The molecule has 0 radical (unpaired) electrons. The highest BCUT2D eigenvalue weighted by atomic mass is 19.4.